The molecule has 10 heteroatoms. The molecule has 174 valence electrons. The number of anilines is 1. The normalized spacial score (nSPS) is 21.2. The summed E-state index contributed by atoms with van der Waals surface area (Å²) >= 11 is 1.34. The second-order valence-electron chi connectivity index (χ2n) is 8.73. The molecular formula is C23H25N3O5S2. The van der Waals surface area contributed by atoms with Crippen LogP contribution in [0, 0.1) is 11.8 Å². The number of benzene rings is 2. The minimum absolute atomic E-state index is 0.200. The van der Waals surface area contributed by atoms with Crippen LogP contribution in [0.1, 0.15) is 30.6 Å². The van der Waals surface area contributed by atoms with Crippen molar-refractivity contribution >= 4 is 42.6 Å². The van der Waals surface area contributed by atoms with Crippen molar-refractivity contribution in [1.29, 1.82) is 0 Å². The van der Waals surface area contributed by atoms with E-state index >= 15 is 0 Å². The lowest BCUT2D eigenvalue weighted by atomic mass is 9.94. The summed E-state index contributed by atoms with van der Waals surface area (Å²) in [6.07, 6.45) is 1.03. The molecule has 2 aromatic carbocycles. The Kier molecular flexibility index (Phi) is 5.75. The van der Waals surface area contributed by atoms with Crippen LogP contribution in [-0.2, 0) is 10.0 Å². The zero-order valence-corrected chi connectivity index (χ0v) is 20.0. The summed E-state index contributed by atoms with van der Waals surface area (Å²) in [7, 11) is -3.59. The highest BCUT2D eigenvalue weighted by atomic mass is 32.2. The average Bonchev–Trinajstić information content (AvgIpc) is 3.17. The summed E-state index contributed by atoms with van der Waals surface area (Å²) in [5.41, 5.74) is 1.07. The van der Waals surface area contributed by atoms with E-state index in [1.165, 1.54) is 35.6 Å². The number of ether oxygens (including phenoxy) is 2. The SMILES string of the molecule is CC1CC(C)CN(S(=O)(=O)c2ccc(C(=O)Nc3nc4cc5c(cc4s3)OCCO5)cc2)C1. The number of aromatic nitrogens is 1. The molecule has 0 aliphatic carbocycles. The number of rotatable bonds is 4. The molecular weight excluding hydrogens is 462 g/mol. The fourth-order valence-electron chi connectivity index (χ4n) is 4.42. The zero-order chi connectivity index (χ0) is 23.2. The van der Waals surface area contributed by atoms with Crippen molar-refractivity contribution in [2.75, 3.05) is 31.6 Å². The molecule has 1 aromatic heterocycles. The fraction of sp³-hybridized carbons (Fsp3) is 0.391. The molecule has 0 saturated carbocycles. The summed E-state index contributed by atoms with van der Waals surface area (Å²) in [5.74, 6) is 1.61. The van der Waals surface area contributed by atoms with Gasteiger partial charge in [0.15, 0.2) is 16.6 Å². The number of piperidine rings is 1. The molecule has 0 spiro atoms. The number of amides is 1. The van der Waals surface area contributed by atoms with Gasteiger partial charge in [-0.05, 0) is 42.5 Å². The third-order valence-electron chi connectivity index (χ3n) is 5.86. The second kappa shape index (κ2) is 8.58. The molecule has 2 atom stereocenters. The Balaban J connectivity index is 1.31. The molecule has 1 N–H and O–H groups in total. The van der Waals surface area contributed by atoms with E-state index in [4.69, 9.17) is 9.47 Å². The number of thiazole rings is 1. The van der Waals surface area contributed by atoms with E-state index in [1.807, 2.05) is 6.07 Å². The van der Waals surface area contributed by atoms with Gasteiger partial charge in [-0.15, -0.1) is 0 Å². The number of hydrogen-bond donors (Lipinski definition) is 1. The van der Waals surface area contributed by atoms with Gasteiger partial charge in [-0.2, -0.15) is 4.31 Å². The van der Waals surface area contributed by atoms with Crippen LogP contribution >= 0.6 is 11.3 Å². The van der Waals surface area contributed by atoms with Gasteiger partial charge in [-0.25, -0.2) is 13.4 Å². The molecule has 3 heterocycles. The molecule has 0 radical (unpaired) electrons. The van der Waals surface area contributed by atoms with Crippen LogP contribution in [0.5, 0.6) is 11.5 Å². The molecule has 3 aromatic rings. The maximum absolute atomic E-state index is 13.1. The summed E-state index contributed by atoms with van der Waals surface area (Å²) in [6, 6.07) is 9.72. The van der Waals surface area contributed by atoms with Crippen molar-refractivity contribution < 1.29 is 22.7 Å². The van der Waals surface area contributed by atoms with Crippen molar-refractivity contribution in [3.05, 3.63) is 42.0 Å². The summed E-state index contributed by atoms with van der Waals surface area (Å²) in [6.45, 7) is 6.18. The quantitative estimate of drug-likeness (QED) is 0.598. The van der Waals surface area contributed by atoms with Crippen molar-refractivity contribution in [3.8, 4) is 11.5 Å². The summed E-state index contributed by atoms with van der Waals surface area (Å²) < 4.78 is 39.7. The summed E-state index contributed by atoms with van der Waals surface area (Å²) in [5, 5.41) is 3.25. The zero-order valence-electron chi connectivity index (χ0n) is 18.4. The molecule has 8 nitrogen and oxygen atoms in total. The van der Waals surface area contributed by atoms with Gasteiger partial charge in [0.1, 0.15) is 13.2 Å². The van der Waals surface area contributed by atoms with E-state index < -0.39 is 10.0 Å². The largest absolute Gasteiger partial charge is 0.486 e. The van der Waals surface area contributed by atoms with Crippen molar-refractivity contribution in [2.24, 2.45) is 11.8 Å². The number of sulfonamides is 1. The molecule has 2 unspecified atom stereocenters. The van der Waals surface area contributed by atoms with Crippen molar-refractivity contribution in [3.63, 3.8) is 0 Å². The summed E-state index contributed by atoms with van der Waals surface area (Å²) in [4.78, 5) is 17.4. The van der Waals surface area contributed by atoms with Crippen LogP contribution in [0.2, 0.25) is 0 Å². The maximum Gasteiger partial charge on any atom is 0.257 e. The van der Waals surface area contributed by atoms with Crippen LogP contribution in [0.4, 0.5) is 5.13 Å². The predicted octanol–water partition coefficient (Wildman–Crippen LogP) is 3.99. The third kappa shape index (κ3) is 4.42. The Labute approximate surface area is 196 Å². The maximum atomic E-state index is 13.1. The number of carbonyl (C=O) groups excluding carboxylic acids is 1. The molecule has 2 aliphatic rings. The minimum atomic E-state index is -3.59. The van der Waals surface area contributed by atoms with E-state index in [9.17, 15) is 13.2 Å². The average molecular weight is 488 g/mol. The van der Waals surface area contributed by atoms with Gasteiger partial charge in [-0.1, -0.05) is 25.2 Å². The van der Waals surface area contributed by atoms with Crippen LogP contribution < -0.4 is 14.8 Å². The third-order valence-corrected chi connectivity index (χ3v) is 8.64. The van der Waals surface area contributed by atoms with E-state index in [0.29, 0.717) is 65.8 Å². The van der Waals surface area contributed by atoms with Gasteiger partial charge in [-0.3, -0.25) is 10.1 Å². The van der Waals surface area contributed by atoms with Gasteiger partial charge in [0.25, 0.3) is 5.91 Å². The van der Waals surface area contributed by atoms with E-state index in [-0.39, 0.29) is 10.8 Å². The fourth-order valence-corrected chi connectivity index (χ4v) is 6.97. The Morgan fingerprint density at radius 3 is 2.36 bits per heavy atom. The Morgan fingerprint density at radius 1 is 1.06 bits per heavy atom. The van der Waals surface area contributed by atoms with Crippen LogP contribution in [0.15, 0.2) is 41.3 Å². The van der Waals surface area contributed by atoms with Gasteiger partial charge < -0.3 is 9.47 Å². The first kappa shape index (κ1) is 22.1. The molecule has 33 heavy (non-hydrogen) atoms. The number of nitrogens with one attached hydrogen (secondary N) is 1. The number of carbonyl (C=O) groups is 1. The lowest BCUT2D eigenvalue weighted by Crippen LogP contribution is -2.42. The smallest absolute Gasteiger partial charge is 0.257 e. The van der Waals surface area contributed by atoms with Gasteiger partial charge in [0.05, 0.1) is 15.1 Å². The second-order valence-corrected chi connectivity index (χ2v) is 11.7. The lowest BCUT2D eigenvalue weighted by Gasteiger charge is -2.34. The lowest BCUT2D eigenvalue weighted by molar-refractivity contribution is 0.102. The standard InChI is InChI=1S/C23H25N3O5S2/c1-14-9-15(2)13-26(12-14)33(28,29)17-5-3-16(4-6-17)22(27)25-23-24-18-10-19-20(11-21(18)32-23)31-8-7-30-19/h3-6,10-11,14-15H,7-9,12-13H2,1-2H3,(H,24,25,27). The number of nitrogens with zero attached hydrogens (tertiary/aromatic N) is 2. The molecule has 2 aliphatic heterocycles. The van der Waals surface area contributed by atoms with Crippen LogP contribution in [-0.4, -0.2) is 49.9 Å². The highest BCUT2D eigenvalue weighted by molar-refractivity contribution is 7.89. The van der Waals surface area contributed by atoms with E-state index in [0.717, 1.165) is 11.1 Å². The first-order chi connectivity index (χ1) is 15.8. The topological polar surface area (TPSA) is 97.8 Å². The number of fused-ring (bicyclic) bond motifs is 2. The highest BCUT2D eigenvalue weighted by Crippen LogP contribution is 2.38. The van der Waals surface area contributed by atoms with Crippen molar-refractivity contribution in [1.82, 2.24) is 9.29 Å². The first-order valence-corrected chi connectivity index (χ1v) is 13.2. The monoisotopic (exact) mass is 487 g/mol. The van der Waals surface area contributed by atoms with E-state index in [2.05, 4.69) is 24.1 Å². The molecule has 1 amide bonds. The first-order valence-electron chi connectivity index (χ1n) is 10.9. The van der Waals surface area contributed by atoms with Crippen LogP contribution in [0.25, 0.3) is 10.2 Å². The Morgan fingerprint density at radius 2 is 1.70 bits per heavy atom. The van der Waals surface area contributed by atoms with Gasteiger partial charge >= 0.3 is 0 Å². The number of hydrogen-bond acceptors (Lipinski definition) is 7. The van der Waals surface area contributed by atoms with Crippen molar-refractivity contribution in [2.45, 2.75) is 25.2 Å². The molecule has 1 fully saturated rings. The van der Waals surface area contributed by atoms with Gasteiger partial charge in [0, 0.05) is 30.8 Å². The van der Waals surface area contributed by atoms with Gasteiger partial charge in [0.2, 0.25) is 10.0 Å². The molecule has 5 rings (SSSR count). The Hall–Kier alpha value is -2.69. The predicted molar refractivity (Wildman–Crippen MR) is 127 cm³/mol. The molecule has 1 saturated heterocycles. The van der Waals surface area contributed by atoms with Crippen LogP contribution in [0.3, 0.4) is 0 Å². The Bertz CT molecular complexity index is 1250. The minimum Gasteiger partial charge on any atom is -0.486 e. The highest BCUT2D eigenvalue weighted by Gasteiger charge is 2.31. The molecule has 0 bridgehead atoms. The van der Waals surface area contributed by atoms with E-state index in [1.54, 1.807) is 10.4 Å².